The molecule has 1 heterocycles. The molecule has 2 N–H and O–H groups in total. The second kappa shape index (κ2) is 5.14. The summed E-state index contributed by atoms with van der Waals surface area (Å²) in [6.45, 7) is 4.60. The molecule has 4 nitrogen and oxygen atoms in total. The fraction of sp³-hybridized carbons (Fsp3) is 0.273. The Morgan fingerprint density at radius 2 is 2.33 bits per heavy atom. The van der Waals surface area contributed by atoms with Crippen molar-refractivity contribution < 1.29 is 9.90 Å². The number of hydrogen-bond donors (Lipinski definition) is 2. The average Bonchev–Trinajstić information content (AvgIpc) is 2.17. The minimum atomic E-state index is -0.970. The molecule has 15 heavy (non-hydrogen) atoms. The van der Waals surface area contributed by atoms with Crippen molar-refractivity contribution in [2.45, 2.75) is 13.8 Å². The Kier molecular flexibility index (Phi) is 3.85. The minimum absolute atomic E-state index is 0.194. The van der Waals surface area contributed by atoms with Crippen LogP contribution in [0.1, 0.15) is 24.2 Å². The van der Waals surface area contributed by atoms with Gasteiger partial charge in [0.15, 0.2) is 0 Å². The number of nitrogens with zero attached hydrogens (tertiary/aromatic N) is 1. The molecule has 0 aliphatic carbocycles. The van der Waals surface area contributed by atoms with Gasteiger partial charge in [-0.2, -0.15) is 0 Å². The van der Waals surface area contributed by atoms with Crippen molar-refractivity contribution >= 4 is 11.7 Å². The summed E-state index contributed by atoms with van der Waals surface area (Å²) >= 11 is 0. The molecule has 80 valence electrons. The quantitative estimate of drug-likeness (QED) is 0.741. The summed E-state index contributed by atoms with van der Waals surface area (Å²) in [6, 6.07) is 1.66. The highest BCUT2D eigenvalue weighted by molar-refractivity contribution is 5.93. The van der Waals surface area contributed by atoms with E-state index in [2.05, 4.69) is 10.3 Å². The van der Waals surface area contributed by atoms with Gasteiger partial charge in [-0.25, -0.2) is 4.79 Å². The van der Waals surface area contributed by atoms with Crippen LogP contribution in [-0.2, 0) is 0 Å². The molecule has 0 saturated carbocycles. The van der Waals surface area contributed by atoms with Crippen molar-refractivity contribution in [2.75, 3.05) is 11.9 Å². The predicted octanol–water partition coefficient (Wildman–Crippen LogP) is 2.16. The first-order valence-corrected chi connectivity index (χ1v) is 4.66. The van der Waals surface area contributed by atoms with E-state index in [1.165, 1.54) is 11.8 Å². The van der Waals surface area contributed by atoms with Crippen LogP contribution in [0.4, 0.5) is 5.69 Å². The molecule has 0 aliphatic rings. The smallest absolute Gasteiger partial charge is 0.339 e. The van der Waals surface area contributed by atoms with E-state index < -0.39 is 5.97 Å². The highest BCUT2D eigenvalue weighted by Gasteiger charge is 2.08. The predicted molar refractivity (Wildman–Crippen MR) is 59.1 cm³/mol. The van der Waals surface area contributed by atoms with Gasteiger partial charge in [0.1, 0.15) is 5.56 Å². The third kappa shape index (κ3) is 3.42. The van der Waals surface area contributed by atoms with Gasteiger partial charge < -0.3 is 10.4 Å². The van der Waals surface area contributed by atoms with E-state index in [-0.39, 0.29) is 5.56 Å². The molecular weight excluding hydrogens is 192 g/mol. The van der Waals surface area contributed by atoms with Gasteiger partial charge in [0.2, 0.25) is 0 Å². The van der Waals surface area contributed by atoms with Crippen LogP contribution in [0, 0.1) is 0 Å². The first-order chi connectivity index (χ1) is 7.11. The number of hydrogen-bond acceptors (Lipinski definition) is 3. The van der Waals surface area contributed by atoms with Gasteiger partial charge >= 0.3 is 5.97 Å². The van der Waals surface area contributed by atoms with Gasteiger partial charge in [-0.15, -0.1) is 0 Å². The lowest BCUT2D eigenvalue weighted by molar-refractivity contribution is 0.0697. The van der Waals surface area contributed by atoms with Crippen molar-refractivity contribution in [3.05, 3.63) is 35.7 Å². The fourth-order valence-corrected chi connectivity index (χ4v) is 1.08. The molecule has 0 atom stereocenters. The average molecular weight is 206 g/mol. The maximum atomic E-state index is 10.8. The minimum Gasteiger partial charge on any atom is -0.478 e. The number of anilines is 1. The molecule has 0 fully saturated rings. The van der Waals surface area contributed by atoms with Crippen LogP contribution in [0.2, 0.25) is 0 Å². The van der Waals surface area contributed by atoms with Crippen LogP contribution in [0.5, 0.6) is 0 Å². The molecular formula is C11H14N2O2. The first kappa shape index (κ1) is 11.2. The SMILES string of the molecule is CC(C)=CCNc1ccncc1C(=O)O. The van der Waals surface area contributed by atoms with Crippen molar-refractivity contribution in [2.24, 2.45) is 0 Å². The van der Waals surface area contributed by atoms with E-state index >= 15 is 0 Å². The number of rotatable bonds is 4. The molecule has 0 saturated heterocycles. The van der Waals surface area contributed by atoms with Crippen LogP contribution in [0.15, 0.2) is 30.1 Å². The van der Waals surface area contributed by atoms with Crippen LogP contribution < -0.4 is 5.32 Å². The Labute approximate surface area is 88.7 Å². The number of carboxylic acid groups (broad SMARTS) is 1. The Morgan fingerprint density at radius 3 is 2.93 bits per heavy atom. The molecule has 1 rings (SSSR count). The van der Waals surface area contributed by atoms with Crippen molar-refractivity contribution in [3.8, 4) is 0 Å². The first-order valence-electron chi connectivity index (χ1n) is 4.66. The lowest BCUT2D eigenvalue weighted by Crippen LogP contribution is -2.06. The maximum Gasteiger partial charge on any atom is 0.339 e. The molecule has 1 aromatic heterocycles. The normalized spacial score (nSPS) is 9.47. The van der Waals surface area contributed by atoms with E-state index in [0.29, 0.717) is 12.2 Å². The van der Waals surface area contributed by atoms with Gasteiger partial charge in [-0.05, 0) is 19.9 Å². The second-order valence-electron chi connectivity index (χ2n) is 3.39. The number of carbonyl (C=O) groups is 1. The Hall–Kier alpha value is -1.84. The molecule has 0 spiro atoms. The maximum absolute atomic E-state index is 10.8. The summed E-state index contributed by atoms with van der Waals surface area (Å²) in [5.74, 6) is -0.970. The van der Waals surface area contributed by atoms with Gasteiger partial charge in [0, 0.05) is 18.9 Å². The van der Waals surface area contributed by atoms with Crippen LogP contribution >= 0.6 is 0 Å². The molecule has 0 unspecified atom stereocenters. The highest BCUT2D eigenvalue weighted by Crippen LogP contribution is 2.12. The third-order valence-corrected chi connectivity index (χ3v) is 1.85. The number of aromatic carboxylic acids is 1. The fourth-order valence-electron chi connectivity index (χ4n) is 1.08. The number of carboxylic acids is 1. The molecule has 0 amide bonds. The Morgan fingerprint density at radius 1 is 1.60 bits per heavy atom. The topological polar surface area (TPSA) is 62.2 Å². The van der Waals surface area contributed by atoms with E-state index in [0.717, 1.165) is 0 Å². The zero-order chi connectivity index (χ0) is 11.3. The summed E-state index contributed by atoms with van der Waals surface area (Å²) in [7, 11) is 0. The molecule has 0 aliphatic heterocycles. The van der Waals surface area contributed by atoms with E-state index in [4.69, 9.17) is 5.11 Å². The summed E-state index contributed by atoms with van der Waals surface area (Å²) in [6.07, 6.45) is 4.90. The van der Waals surface area contributed by atoms with E-state index in [1.807, 2.05) is 19.9 Å². The van der Waals surface area contributed by atoms with Crippen LogP contribution in [-0.4, -0.2) is 22.6 Å². The molecule has 1 aromatic rings. The summed E-state index contributed by atoms with van der Waals surface area (Å²) in [5, 5.41) is 11.9. The number of pyridine rings is 1. The van der Waals surface area contributed by atoms with Crippen molar-refractivity contribution in [3.63, 3.8) is 0 Å². The summed E-state index contributed by atoms with van der Waals surface area (Å²) < 4.78 is 0. The molecule has 0 radical (unpaired) electrons. The van der Waals surface area contributed by atoms with Crippen molar-refractivity contribution in [1.29, 1.82) is 0 Å². The zero-order valence-electron chi connectivity index (χ0n) is 8.82. The van der Waals surface area contributed by atoms with Gasteiger partial charge in [-0.3, -0.25) is 4.98 Å². The Bertz CT molecular complexity index is 382. The number of nitrogens with one attached hydrogen (secondary N) is 1. The lowest BCUT2D eigenvalue weighted by atomic mass is 10.2. The monoisotopic (exact) mass is 206 g/mol. The zero-order valence-corrected chi connectivity index (χ0v) is 8.82. The van der Waals surface area contributed by atoms with Gasteiger partial charge in [-0.1, -0.05) is 11.6 Å². The van der Waals surface area contributed by atoms with Crippen LogP contribution in [0.3, 0.4) is 0 Å². The Balaban J connectivity index is 2.76. The molecule has 0 aromatic carbocycles. The lowest BCUT2D eigenvalue weighted by Gasteiger charge is -2.06. The van der Waals surface area contributed by atoms with Gasteiger partial charge in [0.05, 0.1) is 5.69 Å². The van der Waals surface area contributed by atoms with Gasteiger partial charge in [0.25, 0.3) is 0 Å². The molecule has 4 heteroatoms. The summed E-state index contributed by atoms with van der Waals surface area (Å²) in [5.41, 5.74) is 1.98. The van der Waals surface area contributed by atoms with E-state index in [9.17, 15) is 4.79 Å². The number of allylic oxidation sites excluding steroid dienone is 1. The highest BCUT2D eigenvalue weighted by atomic mass is 16.4. The summed E-state index contributed by atoms with van der Waals surface area (Å²) in [4.78, 5) is 14.6. The third-order valence-electron chi connectivity index (χ3n) is 1.85. The van der Waals surface area contributed by atoms with Crippen molar-refractivity contribution in [1.82, 2.24) is 4.98 Å². The van der Waals surface area contributed by atoms with Crippen LogP contribution in [0.25, 0.3) is 0 Å². The van der Waals surface area contributed by atoms with E-state index in [1.54, 1.807) is 12.3 Å². The number of aromatic nitrogens is 1. The largest absolute Gasteiger partial charge is 0.478 e. The standard InChI is InChI=1S/C11H14N2O2/c1-8(2)3-6-13-10-4-5-12-7-9(10)11(14)15/h3-5,7H,6H2,1-2H3,(H,12,13)(H,14,15). The molecule has 0 bridgehead atoms. The second-order valence-corrected chi connectivity index (χ2v) is 3.39.